The van der Waals surface area contributed by atoms with Gasteiger partial charge in [-0.2, -0.15) is 0 Å². The van der Waals surface area contributed by atoms with Crippen molar-refractivity contribution in [1.29, 1.82) is 0 Å². The summed E-state index contributed by atoms with van der Waals surface area (Å²) in [5.41, 5.74) is -0.161. The first-order chi connectivity index (χ1) is 21.1. The fourth-order valence-electron chi connectivity index (χ4n) is 6.05. The van der Waals surface area contributed by atoms with E-state index in [1.807, 2.05) is 44.4 Å². The summed E-state index contributed by atoms with van der Waals surface area (Å²) in [6.07, 6.45) is 9.88. The summed E-state index contributed by atoms with van der Waals surface area (Å²) < 4.78 is 5.60. The van der Waals surface area contributed by atoms with Crippen molar-refractivity contribution in [3.8, 4) is 0 Å². The highest BCUT2D eigenvalue weighted by atomic mass is 32.1. The molecule has 1 saturated carbocycles. The van der Waals surface area contributed by atoms with Gasteiger partial charge in [0, 0.05) is 43.4 Å². The number of nitrogens with zero attached hydrogens (tertiary/aromatic N) is 3. The van der Waals surface area contributed by atoms with Crippen LogP contribution in [0.4, 0.5) is 10.9 Å². The molecule has 2 fully saturated rings. The van der Waals surface area contributed by atoms with E-state index in [4.69, 9.17) is 9.72 Å². The second-order valence-electron chi connectivity index (χ2n) is 12.9. The molecule has 1 unspecified atom stereocenters. The van der Waals surface area contributed by atoms with Crippen LogP contribution >= 0.6 is 11.3 Å². The van der Waals surface area contributed by atoms with Crippen LogP contribution in [0.3, 0.4) is 0 Å². The molecule has 0 bridgehead atoms. The maximum absolute atomic E-state index is 13.5. The van der Waals surface area contributed by atoms with Crippen LogP contribution in [-0.4, -0.2) is 77.3 Å². The molecule has 2 aliphatic rings. The Bertz CT molecular complexity index is 1260. The molecule has 1 saturated heterocycles. The molecule has 0 radical (unpaired) electrons. The highest BCUT2D eigenvalue weighted by Crippen LogP contribution is 2.39. The second-order valence-corrected chi connectivity index (χ2v) is 13.8. The van der Waals surface area contributed by atoms with Crippen LogP contribution in [0, 0.1) is 10.8 Å². The lowest BCUT2D eigenvalue weighted by Crippen LogP contribution is -2.56. The highest BCUT2D eigenvalue weighted by Gasteiger charge is 2.41. The van der Waals surface area contributed by atoms with Gasteiger partial charge in [0.2, 0.25) is 17.7 Å². The van der Waals surface area contributed by atoms with E-state index in [0.29, 0.717) is 44.8 Å². The summed E-state index contributed by atoms with van der Waals surface area (Å²) in [5, 5.41) is 11.8. The van der Waals surface area contributed by atoms with Gasteiger partial charge in [-0.25, -0.2) is 9.97 Å². The fraction of sp³-hybridized carbons (Fsp3) is 0.625. The molecule has 44 heavy (non-hydrogen) atoms. The molecular weight excluding hydrogens is 580 g/mol. The predicted molar refractivity (Wildman–Crippen MR) is 169 cm³/mol. The van der Waals surface area contributed by atoms with E-state index in [1.54, 1.807) is 11.1 Å². The number of anilines is 2. The predicted octanol–water partition coefficient (Wildman–Crippen LogP) is 4.02. The molecule has 2 atom stereocenters. The van der Waals surface area contributed by atoms with Crippen molar-refractivity contribution in [2.45, 2.75) is 90.6 Å². The lowest BCUT2D eigenvalue weighted by atomic mass is 9.70. The number of carbonyl (C=O) groups excluding carboxylic acids is 4. The Morgan fingerprint density at radius 3 is 2.68 bits per heavy atom. The molecule has 0 spiro atoms. The van der Waals surface area contributed by atoms with E-state index in [9.17, 15) is 19.2 Å². The molecule has 11 nitrogen and oxygen atoms in total. The number of amides is 3. The number of likely N-dealkylation sites (tertiary alicyclic amines) is 1. The Labute approximate surface area is 263 Å². The average molecular weight is 627 g/mol. The SMILES string of the molecule is CC(C)(C)C(NC(=O)COCCCNC(=O)C1(Cc2cccc(Nc3nccs3)n2)CCCCC1)C(=O)N1CCC[C@H]1C=O. The largest absolute Gasteiger partial charge is 0.372 e. The lowest BCUT2D eigenvalue weighted by molar-refractivity contribution is -0.142. The van der Waals surface area contributed by atoms with E-state index >= 15 is 0 Å². The summed E-state index contributed by atoms with van der Waals surface area (Å²) in [7, 11) is 0. The number of rotatable bonds is 14. The van der Waals surface area contributed by atoms with Gasteiger partial charge in [0.25, 0.3) is 0 Å². The van der Waals surface area contributed by atoms with E-state index in [1.165, 1.54) is 11.3 Å². The molecule has 1 aliphatic carbocycles. The minimum Gasteiger partial charge on any atom is -0.372 e. The van der Waals surface area contributed by atoms with Gasteiger partial charge in [0.15, 0.2) is 5.13 Å². The van der Waals surface area contributed by atoms with Gasteiger partial charge in [-0.15, -0.1) is 11.3 Å². The van der Waals surface area contributed by atoms with Crippen LogP contribution in [0.25, 0.3) is 0 Å². The third-order valence-corrected chi connectivity index (χ3v) is 9.12. The Morgan fingerprint density at radius 2 is 1.98 bits per heavy atom. The first kappa shape index (κ1) is 33.5. The third kappa shape index (κ3) is 9.07. The summed E-state index contributed by atoms with van der Waals surface area (Å²) in [6, 6.07) is 4.63. The minimum absolute atomic E-state index is 0.0390. The monoisotopic (exact) mass is 626 g/mol. The van der Waals surface area contributed by atoms with Crippen LogP contribution in [0.1, 0.15) is 77.8 Å². The van der Waals surface area contributed by atoms with Gasteiger partial charge in [0.05, 0.1) is 11.5 Å². The van der Waals surface area contributed by atoms with Crippen LogP contribution < -0.4 is 16.0 Å². The van der Waals surface area contributed by atoms with E-state index in [2.05, 4.69) is 20.9 Å². The zero-order chi connectivity index (χ0) is 31.6. The fourth-order valence-corrected chi connectivity index (χ4v) is 6.59. The van der Waals surface area contributed by atoms with Gasteiger partial charge in [-0.3, -0.25) is 14.4 Å². The molecule has 240 valence electrons. The Morgan fingerprint density at radius 1 is 1.18 bits per heavy atom. The Hall–Kier alpha value is -3.38. The van der Waals surface area contributed by atoms with Gasteiger partial charge >= 0.3 is 0 Å². The second kappa shape index (κ2) is 15.6. The van der Waals surface area contributed by atoms with Gasteiger partial charge < -0.3 is 30.4 Å². The molecule has 3 N–H and O–H groups in total. The quantitative estimate of drug-likeness (QED) is 0.211. The number of aromatic nitrogens is 2. The molecule has 3 heterocycles. The smallest absolute Gasteiger partial charge is 0.246 e. The molecule has 4 rings (SSSR count). The molecular formula is C32H46N6O5S. The van der Waals surface area contributed by atoms with Crippen LogP contribution in [-0.2, 0) is 30.3 Å². The summed E-state index contributed by atoms with van der Waals surface area (Å²) in [5.74, 6) is 0.128. The normalized spacial score (nSPS) is 18.8. The van der Waals surface area contributed by atoms with Crippen molar-refractivity contribution in [2.24, 2.45) is 10.8 Å². The molecule has 1 aliphatic heterocycles. The van der Waals surface area contributed by atoms with Gasteiger partial charge in [-0.1, -0.05) is 46.1 Å². The van der Waals surface area contributed by atoms with Gasteiger partial charge in [-0.05, 0) is 49.7 Å². The van der Waals surface area contributed by atoms with Crippen LogP contribution in [0.5, 0.6) is 0 Å². The van der Waals surface area contributed by atoms with E-state index < -0.39 is 22.9 Å². The summed E-state index contributed by atoms with van der Waals surface area (Å²) in [6.45, 7) is 6.71. The summed E-state index contributed by atoms with van der Waals surface area (Å²) >= 11 is 1.50. The standard InChI is InChI=1S/C32H46N6O5S/c1-31(2,3)27(28(41)38-17-8-11-24(38)21-39)37-26(40)22-43-18-9-15-33-29(42)32(13-5-4-6-14-32)20-23-10-7-12-25(35-23)36-30-34-16-19-44-30/h7,10,12,16,19,21,24,27H,4-6,8-9,11,13-15,17-18,20,22H2,1-3H3,(H,33,42)(H,37,40)(H,34,35,36)/t24-,27?/m0/s1. The van der Waals surface area contributed by atoms with E-state index in [0.717, 1.165) is 55.6 Å². The molecule has 12 heteroatoms. The Balaban J connectivity index is 1.22. The van der Waals surface area contributed by atoms with Crippen molar-refractivity contribution in [3.63, 3.8) is 0 Å². The van der Waals surface area contributed by atoms with Crippen molar-refractivity contribution in [1.82, 2.24) is 25.5 Å². The van der Waals surface area contributed by atoms with Gasteiger partial charge in [0.1, 0.15) is 24.8 Å². The first-order valence-corrected chi connectivity index (χ1v) is 16.5. The number of pyridine rings is 1. The average Bonchev–Trinajstić information content (AvgIpc) is 3.69. The molecule has 0 aromatic carbocycles. The lowest BCUT2D eigenvalue weighted by Gasteiger charge is -2.35. The van der Waals surface area contributed by atoms with Crippen molar-refractivity contribution >= 4 is 46.3 Å². The van der Waals surface area contributed by atoms with Crippen molar-refractivity contribution < 1.29 is 23.9 Å². The van der Waals surface area contributed by atoms with E-state index in [-0.39, 0.29) is 24.3 Å². The van der Waals surface area contributed by atoms with Crippen LogP contribution in [0.15, 0.2) is 29.8 Å². The number of carbonyl (C=O) groups is 4. The molecule has 2 aromatic rings. The number of ether oxygens (including phenoxy) is 1. The maximum Gasteiger partial charge on any atom is 0.246 e. The highest BCUT2D eigenvalue weighted by molar-refractivity contribution is 7.13. The van der Waals surface area contributed by atoms with Crippen LogP contribution in [0.2, 0.25) is 0 Å². The zero-order valence-corrected chi connectivity index (χ0v) is 26.9. The zero-order valence-electron chi connectivity index (χ0n) is 26.1. The molecule has 3 amide bonds. The minimum atomic E-state index is -0.761. The Kier molecular flexibility index (Phi) is 11.9. The third-order valence-electron chi connectivity index (χ3n) is 8.43. The number of hydrogen-bond acceptors (Lipinski definition) is 9. The summed E-state index contributed by atoms with van der Waals surface area (Å²) in [4.78, 5) is 61.4. The number of thiazole rings is 1. The topological polar surface area (TPSA) is 143 Å². The first-order valence-electron chi connectivity index (χ1n) is 15.6. The number of nitrogens with one attached hydrogen (secondary N) is 3. The maximum atomic E-state index is 13.5. The van der Waals surface area contributed by atoms with Crippen molar-refractivity contribution in [3.05, 3.63) is 35.5 Å². The molecule has 2 aromatic heterocycles. The number of aldehydes is 1. The van der Waals surface area contributed by atoms with Crippen molar-refractivity contribution in [2.75, 3.05) is 31.6 Å². The number of hydrogen-bond donors (Lipinski definition) is 3.